The Bertz CT molecular complexity index is 865. The Kier molecular flexibility index (Phi) is 6.41. The topological polar surface area (TPSA) is 70.7 Å². The summed E-state index contributed by atoms with van der Waals surface area (Å²) >= 11 is 1.99. The van der Waals surface area contributed by atoms with Crippen LogP contribution in [0, 0.1) is 5.41 Å². The van der Waals surface area contributed by atoms with Gasteiger partial charge in [-0.05, 0) is 85.7 Å². The highest BCUT2D eigenvalue weighted by atomic mass is 127. The van der Waals surface area contributed by atoms with Crippen LogP contribution in [-0.2, 0) is 11.0 Å². The van der Waals surface area contributed by atoms with E-state index in [9.17, 15) is 18.0 Å². The number of piperidine rings is 1. The number of carbonyl (C=O) groups excluding carboxylic acids is 1. The molecular weight excluding hydrogens is 508 g/mol. The highest BCUT2D eigenvalue weighted by Gasteiger charge is 2.45. The van der Waals surface area contributed by atoms with E-state index in [1.807, 2.05) is 27.5 Å². The van der Waals surface area contributed by atoms with Crippen LogP contribution in [-0.4, -0.2) is 30.8 Å². The molecule has 1 aromatic rings. The molecule has 1 saturated carbocycles. The van der Waals surface area contributed by atoms with Crippen molar-refractivity contribution in [2.75, 3.05) is 23.3 Å². The molecule has 164 valence electrons. The number of nitrogens with two attached hydrogens (primary N) is 1. The number of carbonyl (C=O) groups is 1. The van der Waals surface area contributed by atoms with E-state index in [4.69, 9.17) is 5.73 Å². The number of aliphatic imine (C=N–C) groups is 1. The summed E-state index contributed by atoms with van der Waals surface area (Å²) in [7, 11) is 0. The minimum Gasteiger partial charge on any atom is -0.404 e. The van der Waals surface area contributed by atoms with Crippen molar-refractivity contribution in [1.29, 1.82) is 0 Å². The second-order valence-corrected chi connectivity index (χ2v) is 9.79. The molecule has 3 rings (SSSR count). The number of halogens is 4. The summed E-state index contributed by atoms with van der Waals surface area (Å²) < 4.78 is 40.6. The zero-order chi connectivity index (χ0) is 22.2. The van der Waals surface area contributed by atoms with Gasteiger partial charge in [-0.1, -0.05) is 0 Å². The van der Waals surface area contributed by atoms with Crippen LogP contribution in [0.2, 0.25) is 0 Å². The van der Waals surface area contributed by atoms with Crippen LogP contribution in [0.25, 0.3) is 0 Å². The Hall–Kier alpha value is -1.78. The number of nitrogens with zero attached hydrogens (tertiary/aromatic N) is 2. The average molecular weight is 534 g/mol. The van der Waals surface area contributed by atoms with Crippen LogP contribution < -0.4 is 16.0 Å². The fraction of sp³-hybridized carbons (Fsp3) is 0.524. The molecule has 30 heavy (non-hydrogen) atoms. The lowest BCUT2D eigenvalue weighted by atomic mass is 9.93. The standard InChI is InChI=1S/C21H26F3IN4O/c1-19(2,27-13-15(25)12-26)18(30)28-16-4-3-14(21(22,23)24)11-17(16)29-9-7-20(5-6-20)8-10-29/h3-4,11-13H,5-10,26H2,1-2H3,(H,28,30). The highest BCUT2D eigenvalue weighted by molar-refractivity contribution is 14.1. The fourth-order valence-electron chi connectivity index (χ4n) is 3.57. The molecule has 2 aliphatic rings. The summed E-state index contributed by atoms with van der Waals surface area (Å²) in [5.74, 6) is -0.406. The molecule has 5 nitrogen and oxygen atoms in total. The van der Waals surface area contributed by atoms with Gasteiger partial charge in [-0.3, -0.25) is 9.79 Å². The Morgan fingerprint density at radius 2 is 1.87 bits per heavy atom. The minimum atomic E-state index is -4.44. The van der Waals surface area contributed by atoms with Crippen LogP contribution in [0.15, 0.2) is 33.0 Å². The van der Waals surface area contributed by atoms with E-state index in [0.29, 0.717) is 33.5 Å². The number of benzene rings is 1. The van der Waals surface area contributed by atoms with Gasteiger partial charge in [-0.15, -0.1) is 0 Å². The maximum absolute atomic E-state index is 13.3. The van der Waals surface area contributed by atoms with E-state index in [-0.39, 0.29) is 0 Å². The normalized spacial score (nSPS) is 19.4. The zero-order valence-electron chi connectivity index (χ0n) is 17.0. The van der Waals surface area contributed by atoms with Crippen LogP contribution >= 0.6 is 22.6 Å². The number of hydrogen-bond acceptors (Lipinski definition) is 4. The maximum Gasteiger partial charge on any atom is 0.416 e. The molecule has 1 spiro atoms. The SMILES string of the molecule is CC(C)(N=CC(I)=CN)C(=O)Nc1ccc(C(F)(F)F)cc1N1CCC2(CC1)CC2. The lowest BCUT2D eigenvalue weighted by molar-refractivity contribution is -0.137. The molecule has 2 fully saturated rings. The molecule has 0 aromatic heterocycles. The number of anilines is 2. The number of alkyl halides is 3. The van der Waals surface area contributed by atoms with Crippen molar-refractivity contribution in [2.24, 2.45) is 16.1 Å². The first kappa shape index (κ1) is 22.9. The van der Waals surface area contributed by atoms with E-state index in [1.165, 1.54) is 31.3 Å². The molecule has 0 radical (unpaired) electrons. The lowest BCUT2D eigenvalue weighted by Gasteiger charge is -2.35. The molecule has 1 heterocycles. The Labute approximate surface area is 188 Å². The van der Waals surface area contributed by atoms with Crippen LogP contribution in [0.1, 0.15) is 45.1 Å². The monoisotopic (exact) mass is 534 g/mol. The van der Waals surface area contributed by atoms with Gasteiger partial charge in [0.1, 0.15) is 5.54 Å². The van der Waals surface area contributed by atoms with Gasteiger partial charge in [0.05, 0.1) is 16.9 Å². The smallest absolute Gasteiger partial charge is 0.404 e. The summed E-state index contributed by atoms with van der Waals surface area (Å²) in [6.45, 7) is 4.65. The number of nitrogens with one attached hydrogen (secondary N) is 1. The quantitative estimate of drug-likeness (QED) is 0.408. The lowest BCUT2D eigenvalue weighted by Crippen LogP contribution is -2.38. The number of amides is 1. The maximum atomic E-state index is 13.3. The molecule has 1 aliphatic carbocycles. The van der Waals surface area contributed by atoms with Crippen LogP contribution in [0.4, 0.5) is 24.5 Å². The Balaban J connectivity index is 1.86. The summed E-state index contributed by atoms with van der Waals surface area (Å²) in [6.07, 6.45) is 2.76. The average Bonchev–Trinajstić information content (AvgIpc) is 3.45. The third-order valence-corrected chi connectivity index (χ3v) is 6.56. The van der Waals surface area contributed by atoms with Gasteiger partial charge in [-0.25, -0.2) is 0 Å². The fourth-order valence-corrected chi connectivity index (χ4v) is 3.71. The zero-order valence-corrected chi connectivity index (χ0v) is 19.2. The first-order chi connectivity index (χ1) is 14.0. The predicted molar refractivity (Wildman–Crippen MR) is 122 cm³/mol. The highest BCUT2D eigenvalue weighted by Crippen LogP contribution is 2.54. The van der Waals surface area contributed by atoms with Crippen molar-refractivity contribution in [1.82, 2.24) is 0 Å². The molecule has 1 aliphatic heterocycles. The van der Waals surface area contributed by atoms with E-state index < -0.39 is 23.2 Å². The van der Waals surface area contributed by atoms with Gasteiger partial charge in [0.2, 0.25) is 0 Å². The predicted octanol–water partition coefficient (Wildman–Crippen LogP) is 5.11. The van der Waals surface area contributed by atoms with E-state index in [2.05, 4.69) is 10.3 Å². The number of rotatable bonds is 5. The van der Waals surface area contributed by atoms with Crippen LogP contribution in [0.3, 0.4) is 0 Å². The minimum absolute atomic E-state index is 0.368. The molecule has 0 unspecified atom stereocenters. The molecule has 0 bridgehead atoms. The number of allylic oxidation sites excluding steroid dienone is 1. The van der Waals surface area contributed by atoms with Gasteiger partial charge in [0, 0.05) is 29.1 Å². The summed E-state index contributed by atoms with van der Waals surface area (Å²) in [5.41, 5.74) is 4.76. The third-order valence-electron chi connectivity index (χ3n) is 5.92. The molecule has 1 saturated heterocycles. The second-order valence-electron chi connectivity index (χ2n) is 8.54. The van der Waals surface area contributed by atoms with E-state index >= 15 is 0 Å². The van der Waals surface area contributed by atoms with Crippen molar-refractivity contribution in [3.8, 4) is 0 Å². The second kappa shape index (κ2) is 8.39. The summed E-state index contributed by atoms with van der Waals surface area (Å²) in [4.78, 5) is 19.1. The van der Waals surface area contributed by atoms with Crippen molar-refractivity contribution >= 4 is 46.1 Å². The molecule has 3 N–H and O–H groups in total. The van der Waals surface area contributed by atoms with E-state index in [0.717, 1.165) is 25.0 Å². The Morgan fingerprint density at radius 1 is 1.23 bits per heavy atom. The van der Waals surface area contributed by atoms with Gasteiger partial charge in [0.15, 0.2) is 0 Å². The van der Waals surface area contributed by atoms with Gasteiger partial charge in [0.25, 0.3) is 5.91 Å². The van der Waals surface area contributed by atoms with Crippen molar-refractivity contribution < 1.29 is 18.0 Å². The number of hydrogen-bond donors (Lipinski definition) is 2. The van der Waals surface area contributed by atoms with Crippen molar-refractivity contribution in [3.05, 3.63) is 33.5 Å². The van der Waals surface area contributed by atoms with Gasteiger partial charge in [-0.2, -0.15) is 13.2 Å². The van der Waals surface area contributed by atoms with E-state index in [1.54, 1.807) is 13.8 Å². The Morgan fingerprint density at radius 3 is 2.40 bits per heavy atom. The van der Waals surface area contributed by atoms with Crippen LogP contribution in [0.5, 0.6) is 0 Å². The van der Waals surface area contributed by atoms with Gasteiger partial charge >= 0.3 is 6.18 Å². The molecule has 1 aromatic carbocycles. The summed E-state index contributed by atoms with van der Waals surface area (Å²) in [6, 6.07) is 3.47. The summed E-state index contributed by atoms with van der Waals surface area (Å²) in [5, 5.41) is 2.79. The molecule has 1 amide bonds. The van der Waals surface area contributed by atoms with Crippen molar-refractivity contribution in [2.45, 2.75) is 51.2 Å². The first-order valence-corrected chi connectivity index (χ1v) is 10.9. The first-order valence-electron chi connectivity index (χ1n) is 9.86. The third kappa shape index (κ3) is 5.28. The largest absolute Gasteiger partial charge is 0.416 e. The molecular formula is C21H26F3IN4O. The molecule has 9 heteroatoms. The van der Waals surface area contributed by atoms with Gasteiger partial charge < -0.3 is 16.0 Å². The van der Waals surface area contributed by atoms with Crippen molar-refractivity contribution in [3.63, 3.8) is 0 Å². The molecule has 0 atom stereocenters.